The second-order valence-electron chi connectivity index (χ2n) is 5.25. The van der Waals surface area contributed by atoms with Crippen molar-refractivity contribution in [3.05, 3.63) is 12.7 Å². The molecule has 0 spiro atoms. The Kier molecular flexibility index (Phi) is 3.93. The van der Waals surface area contributed by atoms with Crippen molar-refractivity contribution in [2.24, 2.45) is 0 Å². The van der Waals surface area contributed by atoms with Crippen molar-refractivity contribution in [1.29, 1.82) is 0 Å². The molecule has 126 valence electrons. The zero-order valence-electron chi connectivity index (χ0n) is 12.1. The maximum atomic E-state index is 11.1. The van der Waals surface area contributed by atoms with Crippen molar-refractivity contribution in [1.82, 2.24) is 24.2 Å². The Labute approximate surface area is 131 Å². The molecule has 0 aromatic carbocycles. The zero-order valence-corrected chi connectivity index (χ0v) is 12.9. The number of fused-ring (bicyclic) bond motifs is 1. The van der Waals surface area contributed by atoms with Crippen molar-refractivity contribution in [2.45, 2.75) is 24.5 Å². The summed E-state index contributed by atoms with van der Waals surface area (Å²) < 4.78 is 31.5. The molecule has 0 amide bonds. The van der Waals surface area contributed by atoms with Crippen molar-refractivity contribution < 1.29 is 23.4 Å². The van der Waals surface area contributed by atoms with Crippen LogP contribution in [0.3, 0.4) is 0 Å². The molecule has 12 heteroatoms. The highest BCUT2D eigenvalue weighted by Crippen LogP contribution is 2.31. The van der Waals surface area contributed by atoms with Gasteiger partial charge in [-0.1, -0.05) is 0 Å². The van der Waals surface area contributed by atoms with Crippen LogP contribution < -0.4 is 10.5 Å². The number of aliphatic hydroxyl groups excluding tert-OH is 2. The van der Waals surface area contributed by atoms with E-state index in [1.54, 1.807) is 0 Å². The van der Waals surface area contributed by atoms with E-state index in [-0.39, 0.29) is 12.4 Å². The molecule has 23 heavy (non-hydrogen) atoms. The quantitative estimate of drug-likeness (QED) is 0.472. The first kappa shape index (κ1) is 16.0. The van der Waals surface area contributed by atoms with Crippen LogP contribution in [-0.2, 0) is 14.8 Å². The summed E-state index contributed by atoms with van der Waals surface area (Å²) in [6, 6.07) is 0. The van der Waals surface area contributed by atoms with E-state index >= 15 is 0 Å². The molecular formula is C11H16N6O5S. The van der Waals surface area contributed by atoms with Crippen LogP contribution in [0.2, 0.25) is 0 Å². The Bertz CT molecular complexity index is 823. The fourth-order valence-electron chi connectivity index (χ4n) is 2.42. The largest absolute Gasteiger partial charge is 0.387 e. The number of rotatable bonds is 4. The van der Waals surface area contributed by atoms with Gasteiger partial charge in [-0.2, -0.15) is 0 Å². The first-order valence-electron chi connectivity index (χ1n) is 6.67. The molecule has 3 rings (SSSR count). The summed E-state index contributed by atoms with van der Waals surface area (Å²) in [4.78, 5) is 11.9. The molecule has 2 aromatic rings. The van der Waals surface area contributed by atoms with Crippen LogP contribution in [0, 0.1) is 0 Å². The van der Waals surface area contributed by atoms with Crippen LogP contribution in [0.4, 0.5) is 5.82 Å². The summed E-state index contributed by atoms with van der Waals surface area (Å²) in [6.07, 6.45) is -0.845. The number of nitrogen functional groups attached to an aromatic ring is 1. The van der Waals surface area contributed by atoms with E-state index in [1.165, 1.54) is 17.2 Å². The molecule has 11 nitrogen and oxygen atoms in total. The van der Waals surface area contributed by atoms with E-state index in [9.17, 15) is 18.6 Å². The molecule has 1 fully saturated rings. The molecule has 0 aliphatic carbocycles. The number of imidazole rings is 1. The van der Waals surface area contributed by atoms with Crippen molar-refractivity contribution in [3.8, 4) is 0 Å². The van der Waals surface area contributed by atoms with Gasteiger partial charge in [0, 0.05) is 6.54 Å². The molecule has 0 saturated carbocycles. The van der Waals surface area contributed by atoms with Crippen molar-refractivity contribution in [3.63, 3.8) is 0 Å². The van der Waals surface area contributed by atoms with E-state index in [0.29, 0.717) is 11.2 Å². The van der Waals surface area contributed by atoms with E-state index in [0.717, 1.165) is 6.26 Å². The molecule has 4 atom stereocenters. The van der Waals surface area contributed by atoms with E-state index in [1.807, 2.05) is 0 Å². The number of ether oxygens (including phenoxy) is 1. The van der Waals surface area contributed by atoms with Crippen molar-refractivity contribution >= 4 is 27.0 Å². The number of sulfonamides is 1. The van der Waals surface area contributed by atoms with Gasteiger partial charge in [0.2, 0.25) is 10.0 Å². The lowest BCUT2D eigenvalue weighted by atomic mass is 10.1. The van der Waals surface area contributed by atoms with E-state index < -0.39 is 34.6 Å². The second-order valence-corrected chi connectivity index (χ2v) is 7.08. The van der Waals surface area contributed by atoms with Gasteiger partial charge in [-0.15, -0.1) is 0 Å². The highest BCUT2D eigenvalue weighted by Gasteiger charge is 2.44. The van der Waals surface area contributed by atoms with Gasteiger partial charge in [0.25, 0.3) is 0 Å². The van der Waals surface area contributed by atoms with Crippen LogP contribution in [0.15, 0.2) is 12.7 Å². The maximum Gasteiger partial charge on any atom is 0.208 e. The van der Waals surface area contributed by atoms with Gasteiger partial charge in [0.15, 0.2) is 17.7 Å². The van der Waals surface area contributed by atoms with Crippen LogP contribution in [0.1, 0.15) is 6.23 Å². The third-order valence-electron chi connectivity index (χ3n) is 3.55. The van der Waals surface area contributed by atoms with Gasteiger partial charge in [0.05, 0.1) is 12.6 Å². The molecule has 4 unspecified atom stereocenters. The topological polar surface area (TPSA) is 165 Å². The highest BCUT2D eigenvalue weighted by molar-refractivity contribution is 7.88. The minimum atomic E-state index is -3.44. The first-order valence-corrected chi connectivity index (χ1v) is 8.56. The molecule has 2 aromatic heterocycles. The molecule has 5 N–H and O–H groups in total. The Morgan fingerprint density at radius 3 is 2.78 bits per heavy atom. The maximum absolute atomic E-state index is 11.1. The normalized spacial score (nSPS) is 28.5. The minimum Gasteiger partial charge on any atom is -0.387 e. The van der Waals surface area contributed by atoms with Crippen LogP contribution >= 0.6 is 0 Å². The number of aromatic nitrogens is 4. The summed E-state index contributed by atoms with van der Waals surface area (Å²) in [7, 11) is -3.44. The summed E-state index contributed by atoms with van der Waals surface area (Å²) >= 11 is 0. The monoisotopic (exact) mass is 344 g/mol. The predicted molar refractivity (Wildman–Crippen MR) is 78.5 cm³/mol. The summed E-state index contributed by atoms with van der Waals surface area (Å²) in [6.45, 7) is -0.169. The molecular weight excluding hydrogens is 328 g/mol. The molecule has 0 bridgehead atoms. The first-order chi connectivity index (χ1) is 10.8. The van der Waals surface area contributed by atoms with Crippen LogP contribution in [0.5, 0.6) is 0 Å². The number of hydrogen-bond acceptors (Lipinski definition) is 9. The Balaban J connectivity index is 1.86. The SMILES string of the molecule is CS(=O)(=O)NCC1OC(n2cnc3c(N)ncnc32)C(O)C1O. The van der Waals surface area contributed by atoms with Gasteiger partial charge >= 0.3 is 0 Å². The second kappa shape index (κ2) is 5.65. The summed E-state index contributed by atoms with van der Waals surface area (Å²) in [5, 5.41) is 20.2. The molecule has 1 saturated heterocycles. The van der Waals surface area contributed by atoms with Crippen LogP contribution in [0.25, 0.3) is 11.2 Å². The minimum absolute atomic E-state index is 0.169. The lowest BCUT2D eigenvalue weighted by Crippen LogP contribution is -2.39. The van der Waals surface area contributed by atoms with E-state index in [4.69, 9.17) is 10.5 Å². The number of aliphatic hydroxyl groups is 2. The molecule has 0 radical (unpaired) electrons. The number of nitrogens with zero attached hydrogens (tertiary/aromatic N) is 4. The third-order valence-corrected chi connectivity index (χ3v) is 4.24. The Morgan fingerprint density at radius 1 is 1.35 bits per heavy atom. The predicted octanol–water partition coefficient (Wildman–Crippen LogP) is -2.42. The number of nitrogens with two attached hydrogens (primary N) is 1. The highest BCUT2D eigenvalue weighted by atomic mass is 32.2. The van der Waals surface area contributed by atoms with E-state index in [2.05, 4.69) is 19.7 Å². The molecule has 3 heterocycles. The summed E-state index contributed by atoms with van der Waals surface area (Å²) in [5.41, 5.74) is 6.38. The third kappa shape index (κ3) is 2.98. The zero-order chi connectivity index (χ0) is 16.8. The lowest BCUT2D eigenvalue weighted by molar-refractivity contribution is -0.0330. The Morgan fingerprint density at radius 2 is 2.09 bits per heavy atom. The molecule has 1 aliphatic heterocycles. The number of hydrogen-bond donors (Lipinski definition) is 4. The summed E-state index contributed by atoms with van der Waals surface area (Å²) in [5.74, 6) is 0.178. The lowest BCUT2D eigenvalue weighted by Gasteiger charge is -2.16. The van der Waals surface area contributed by atoms with Gasteiger partial charge in [-0.05, 0) is 0 Å². The Hall–Kier alpha value is -1.86. The van der Waals surface area contributed by atoms with Gasteiger partial charge in [-0.25, -0.2) is 28.1 Å². The fraction of sp³-hybridized carbons (Fsp3) is 0.545. The molecule has 1 aliphatic rings. The fourth-order valence-corrected chi connectivity index (χ4v) is 2.88. The average molecular weight is 344 g/mol. The smallest absolute Gasteiger partial charge is 0.208 e. The van der Waals surface area contributed by atoms with Gasteiger partial charge < -0.3 is 20.7 Å². The van der Waals surface area contributed by atoms with Gasteiger partial charge in [0.1, 0.15) is 30.2 Å². The number of nitrogens with one attached hydrogen (secondary N) is 1. The number of anilines is 1. The van der Waals surface area contributed by atoms with Crippen molar-refractivity contribution in [2.75, 3.05) is 18.5 Å². The standard InChI is InChI=1S/C11H16N6O5S/c1-23(20,21)16-2-5-7(18)8(19)11(22-5)17-4-15-6-9(12)13-3-14-10(6)17/h3-5,7-8,11,16,18-19H,2H2,1H3,(H2,12,13,14). The van der Waals surface area contributed by atoms with Gasteiger partial charge in [-0.3, -0.25) is 4.57 Å². The van der Waals surface area contributed by atoms with Crippen LogP contribution in [-0.4, -0.2) is 69.3 Å². The average Bonchev–Trinajstić information content (AvgIpc) is 3.01.